The maximum atomic E-state index is 11.2. The molecule has 6 heteroatoms. The predicted octanol–water partition coefficient (Wildman–Crippen LogP) is 2.32. The number of rotatable bonds is 2. The Hall–Kier alpha value is -1.93. The summed E-state index contributed by atoms with van der Waals surface area (Å²) in [4.78, 5) is 21.1. The summed E-state index contributed by atoms with van der Waals surface area (Å²) in [7, 11) is 0. The number of nitriles is 1. The number of nitro benzene ring substituents is 1. The van der Waals surface area contributed by atoms with Gasteiger partial charge in [0.15, 0.2) is 5.78 Å². The van der Waals surface area contributed by atoms with Gasteiger partial charge in [-0.3, -0.25) is 14.9 Å². The fourth-order valence-electron chi connectivity index (χ4n) is 1.18. The molecule has 0 heterocycles. The van der Waals surface area contributed by atoms with Crippen molar-refractivity contribution in [2.24, 2.45) is 0 Å². The van der Waals surface area contributed by atoms with Crippen LogP contribution in [0, 0.1) is 21.4 Å². The normalized spacial score (nSPS) is 9.40. The predicted molar refractivity (Wildman–Crippen MR) is 52.8 cm³/mol. The van der Waals surface area contributed by atoms with Gasteiger partial charge >= 0.3 is 0 Å². The first-order valence-corrected chi connectivity index (χ1v) is 4.24. The molecule has 0 saturated heterocycles. The molecule has 1 aromatic rings. The fraction of sp³-hybridized carbons (Fsp3) is 0.111. The molecule has 0 bridgehead atoms. The standard InChI is InChI=1S/C9H5ClN2O3/c1-5(13)9-6(4-11)7(10)2-3-8(9)12(14)15/h2-3H,1H3. The second-order valence-corrected chi connectivity index (χ2v) is 3.15. The van der Waals surface area contributed by atoms with E-state index >= 15 is 0 Å². The van der Waals surface area contributed by atoms with Crippen molar-refractivity contribution in [3.05, 3.63) is 38.4 Å². The van der Waals surface area contributed by atoms with Gasteiger partial charge in [0.1, 0.15) is 11.6 Å². The quantitative estimate of drug-likeness (QED) is 0.438. The number of Topliss-reactive ketones (excluding diaryl/α,β-unsaturated/α-hetero) is 1. The second-order valence-electron chi connectivity index (χ2n) is 2.74. The third-order valence-corrected chi connectivity index (χ3v) is 2.11. The van der Waals surface area contributed by atoms with Gasteiger partial charge in [-0.25, -0.2) is 0 Å². The molecule has 1 rings (SSSR count). The van der Waals surface area contributed by atoms with Gasteiger partial charge in [-0.1, -0.05) is 11.6 Å². The highest BCUT2D eigenvalue weighted by Gasteiger charge is 2.23. The number of nitro groups is 1. The number of nitrogens with zero attached hydrogens (tertiary/aromatic N) is 2. The summed E-state index contributed by atoms with van der Waals surface area (Å²) in [5.74, 6) is -0.555. The molecule has 1 aromatic carbocycles. The third-order valence-electron chi connectivity index (χ3n) is 1.79. The lowest BCUT2D eigenvalue weighted by Crippen LogP contribution is -2.03. The van der Waals surface area contributed by atoms with Crippen LogP contribution >= 0.6 is 11.6 Å². The summed E-state index contributed by atoms with van der Waals surface area (Å²) in [6.07, 6.45) is 0. The Kier molecular flexibility index (Phi) is 3.02. The van der Waals surface area contributed by atoms with Crippen molar-refractivity contribution in [2.45, 2.75) is 6.92 Å². The number of halogens is 1. The summed E-state index contributed by atoms with van der Waals surface area (Å²) in [6, 6.07) is 4.02. The third kappa shape index (κ3) is 1.95. The first kappa shape index (κ1) is 11.1. The SMILES string of the molecule is CC(=O)c1c([N+](=O)[O-])ccc(Cl)c1C#N. The molecule has 0 saturated carbocycles. The van der Waals surface area contributed by atoms with Crippen LogP contribution in [0.15, 0.2) is 12.1 Å². The van der Waals surface area contributed by atoms with Crippen molar-refractivity contribution < 1.29 is 9.72 Å². The Labute approximate surface area is 90.0 Å². The zero-order valence-electron chi connectivity index (χ0n) is 7.65. The van der Waals surface area contributed by atoms with Gasteiger partial charge in [-0.2, -0.15) is 5.26 Å². The number of hydrogen-bond acceptors (Lipinski definition) is 4. The van der Waals surface area contributed by atoms with E-state index in [1.54, 1.807) is 6.07 Å². The number of ketones is 1. The average Bonchev–Trinajstić information content (AvgIpc) is 2.16. The molecule has 0 fully saturated rings. The van der Waals surface area contributed by atoms with E-state index in [9.17, 15) is 14.9 Å². The highest BCUT2D eigenvalue weighted by molar-refractivity contribution is 6.32. The van der Waals surface area contributed by atoms with Crippen LogP contribution in [0.4, 0.5) is 5.69 Å². The highest BCUT2D eigenvalue weighted by Crippen LogP contribution is 2.28. The van der Waals surface area contributed by atoms with Crippen LogP contribution in [-0.4, -0.2) is 10.7 Å². The molecule has 0 aliphatic carbocycles. The van der Waals surface area contributed by atoms with E-state index in [2.05, 4.69) is 0 Å². The lowest BCUT2D eigenvalue weighted by Gasteiger charge is -2.02. The van der Waals surface area contributed by atoms with Crippen LogP contribution in [0.2, 0.25) is 5.02 Å². The number of carbonyl (C=O) groups is 1. The summed E-state index contributed by atoms with van der Waals surface area (Å²) < 4.78 is 0. The summed E-state index contributed by atoms with van der Waals surface area (Å²) >= 11 is 5.65. The van der Waals surface area contributed by atoms with Crippen molar-refractivity contribution in [1.29, 1.82) is 5.26 Å². The zero-order chi connectivity index (χ0) is 11.6. The van der Waals surface area contributed by atoms with Crippen molar-refractivity contribution in [3.8, 4) is 6.07 Å². The number of hydrogen-bond donors (Lipinski definition) is 0. The van der Waals surface area contributed by atoms with E-state index in [-0.39, 0.29) is 16.1 Å². The molecule has 0 amide bonds. The molecule has 0 N–H and O–H groups in total. The van der Waals surface area contributed by atoms with Gasteiger partial charge in [-0.15, -0.1) is 0 Å². The Morgan fingerprint density at radius 3 is 2.60 bits per heavy atom. The minimum atomic E-state index is -0.714. The monoisotopic (exact) mass is 224 g/mol. The molecule has 0 spiro atoms. The Morgan fingerprint density at radius 2 is 2.20 bits per heavy atom. The van der Waals surface area contributed by atoms with E-state index in [4.69, 9.17) is 16.9 Å². The van der Waals surface area contributed by atoms with Crippen molar-refractivity contribution >= 4 is 23.1 Å². The van der Waals surface area contributed by atoms with Gasteiger partial charge in [0, 0.05) is 6.07 Å². The van der Waals surface area contributed by atoms with Crippen LogP contribution < -0.4 is 0 Å². The number of benzene rings is 1. The van der Waals surface area contributed by atoms with Crippen LogP contribution in [0.25, 0.3) is 0 Å². The molecule has 0 aromatic heterocycles. The summed E-state index contributed by atoms with van der Waals surface area (Å²) in [5, 5.41) is 19.4. The fourth-order valence-corrected chi connectivity index (χ4v) is 1.38. The minimum Gasteiger partial charge on any atom is -0.294 e. The van der Waals surface area contributed by atoms with Crippen molar-refractivity contribution in [3.63, 3.8) is 0 Å². The molecule has 76 valence electrons. The smallest absolute Gasteiger partial charge is 0.281 e. The Balaban J connectivity index is 3.66. The highest BCUT2D eigenvalue weighted by atomic mass is 35.5. The first-order valence-electron chi connectivity index (χ1n) is 3.87. The molecule has 15 heavy (non-hydrogen) atoms. The Morgan fingerprint density at radius 1 is 1.60 bits per heavy atom. The van der Waals surface area contributed by atoms with Crippen molar-refractivity contribution in [2.75, 3.05) is 0 Å². The average molecular weight is 225 g/mol. The van der Waals surface area contributed by atoms with E-state index in [0.29, 0.717) is 0 Å². The largest absolute Gasteiger partial charge is 0.294 e. The molecule has 0 unspecified atom stereocenters. The molecule has 5 nitrogen and oxygen atoms in total. The van der Waals surface area contributed by atoms with Crippen LogP contribution in [0.5, 0.6) is 0 Å². The molecule has 0 aliphatic rings. The molecule has 0 radical (unpaired) electrons. The van der Waals surface area contributed by atoms with Gasteiger partial charge in [-0.05, 0) is 13.0 Å². The van der Waals surface area contributed by atoms with Crippen LogP contribution in [0.1, 0.15) is 22.8 Å². The zero-order valence-corrected chi connectivity index (χ0v) is 8.41. The molecular weight excluding hydrogens is 220 g/mol. The van der Waals surface area contributed by atoms with Crippen LogP contribution in [-0.2, 0) is 0 Å². The van der Waals surface area contributed by atoms with E-state index in [1.165, 1.54) is 6.07 Å². The summed E-state index contributed by atoms with van der Waals surface area (Å²) in [6.45, 7) is 1.15. The van der Waals surface area contributed by atoms with Gasteiger partial charge in [0.05, 0.1) is 15.5 Å². The van der Waals surface area contributed by atoms with Gasteiger partial charge < -0.3 is 0 Å². The number of carbonyl (C=O) groups excluding carboxylic acids is 1. The molecule has 0 atom stereocenters. The second kappa shape index (κ2) is 4.07. The molecular formula is C9H5ClN2O3. The maximum Gasteiger partial charge on any atom is 0.281 e. The summed E-state index contributed by atoms with van der Waals surface area (Å²) in [5.41, 5.74) is -0.795. The van der Waals surface area contributed by atoms with Gasteiger partial charge in [0.25, 0.3) is 5.69 Å². The van der Waals surface area contributed by atoms with E-state index in [0.717, 1.165) is 13.0 Å². The first-order chi connectivity index (χ1) is 6.99. The molecule has 0 aliphatic heterocycles. The Bertz CT molecular complexity index is 491. The van der Waals surface area contributed by atoms with Gasteiger partial charge in [0.2, 0.25) is 0 Å². The topological polar surface area (TPSA) is 84.0 Å². The maximum absolute atomic E-state index is 11.2. The van der Waals surface area contributed by atoms with E-state index < -0.39 is 16.4 Å². The van der Waals surface area contributed by atoms with E-state index in [1.807, 2.05) is 0 Å². The van der Waals surface area contributed by atoms with Crippen molar-refractivity contribution in [1.82, 2.24) is 0 Å². The lowest BCUT2D eigenvalue weighted by molar-refractivity contribution is -0.385. The van der Waals surface area contributed by atoms with Crippen LogP contribution in [0.3, 0.4) is 0 Å². The minimum absolute atomic E-state index is 0.0355. The lowest BCUT2D eigenvalue weighted by atomic mass is 10.0.